The van der Waals surface area contributed by atoms with Gasteiger partial charge in [-0.25, -0.2) is 4.79 Å². The van der Waals surface area contributed by atoms with E-state index in [0.717, 1.165) is 38.5 Å². The smallest absolute Gasteiger partial charge is 0.408 e. The molecule has 5 nitrogen and oxygen atoms in total. The van der Waals surface area contributed by atoms with Crippen molar-refractivity contribution in [1.82, 2.24) is 5.32 Å². The lowest BCUT2D eigenvalue weighted by Crippen LogP contribution is -2.70. The van der Waals surface area contributed by atoms with Gasteiger partial charge in [0.15, 0.2) is 0 Å². The predicted molar refractivity (Wildman–Crippen MR) is 121 cm³/mol. The maximum Gasteiger partial charge on any atom is 0.408 e. The van der Waals surface area contributed by atoms with E-state index < -0.39 is 5.60 Å². The Balaban J connectivity index is 1.34. The van der Waals surface area contributed by atoms with Crippen LogP contribution in [0.15, 0.2) is 0 Å². The van der Waals surface area contributed by atoms with Crippen LogP contribution in [0.5, 0.6) is 0 Å². The summed E-state index contributed by atoms with van der Waals surface area (Å²) < 4.78 is 11.1. The van der Waals surface area contributed by atoms with Crippen molar-refractivity contribution in [1.29, 1.82) is 0 Å². The average molecular weight is 444 g/mol. The van der Waals surface area contributed by atoms with Crippen LogP contribution in [0.25, 0.3) is 0 Å². The average Bonchev–Trinajstić information content (AvgIpc) is 2.63. The van der Waals surface area contributed by atoms with E-state index in [1.807, 2.05) is 20.8 Å². The Morgan fingerprint density at radius 2 is 1.28 bits per heavy atom. The van der Waals surface area contributed by atoms with Crippen LogP contribution in [0.3, 0.4) is 0 Å². The van der Waals surface area contributed by atoms with Crippen LogP contribution in [0.1, 0.15) is 97.8 Å². The van der Waals surface area contributed by atoms with Gasteiger partial charge in [0.2, 0.25) is 0 Å². The van der Waals surface area contributed by atoms with E-state index >= 15 is 0 Å². The highest BCUT2D eigenvalue weighted by Gasteiger charge is 2.71. The van der Waals surface area contributed by atoms with Gasteiger partial charge < -0.3 is 14.8 Å². The molecule has 8 aliphatic rings. The minimum Gasteiger partial charge on any atom is -0.469 e. The molecule has 8 bridgehead atoms. The largest absolute Gasteiger partial charge is 0.469 e. The van der Waals surface area contributed by atoms with Crippen molar-refractivity contribution in [3.63, 3.8) is 0 Å². The number of carbonyl (C=O) groups is 2. The molecule has 8 fully saturated rings. The number of methoxy groups -OCH3 is 1. The van der Waals surface area contributed by atoms with Gasteiger partial charge in [0.05, 0.1) is 12.5 Å². The second-order valence-corrected chi connectivity index (χ2v) is 14.2. The predicted octanol–water partition coefficient (Wildman–Crippen LogP) is 5.61. The van der Waals surface area contributed by atoms with E-state index in [0.29, 0.717) is 23.7 Å². The summed E-state index contributed by atoms with van der Waals surface area (Å²) in [6.45, 7) is 5.82. The molecule has 8 aliphatic carbocycles. The molecule has 5 heteroatoms. The van der Waals surface area contributed by atoms with Crippen molar-refractivity contribution >= 4 is 12.1 Å². The quantitative estimate of drug-likeness (QED) is 0.576. The lowest BCUT2D eigenvalue weighted by Gasteiger charge is -2.73. The van der Waals surface area contributed by atoms with Gasteiger partial charge >= 0.3 is 12.1 Å². The van der Waals surface area contributed by atoms with E-state index in [1.54, 1.807) is 7.11 Å². The first-order valence-corrected chi connectivity index (χ1v) is 13.1. The van der Waals surface area contributed by atoms with Crippen molar-refractivity contribution < 1.29 is 19.1 Å². The molecule has 0 saturated heterocycles. The zero-order valence-electron chi connectivity index (χ0n) is 20.4. The van der Waals surface area contributed by atoms with Gasteiger partial charge in [-0.1, -0.05) is 0 Å². The number of alkyl carbamates (subject to hydrolysis) is 1. The lowest BCUT2D eigenvalue weighted by atomic mass is 9.32. The maximum absolute atomic E-state index is 13.1. The summed E-state index contributed by atoms with van der Waals surface area (Å²) in [4.78, 5) is 26.0. The summed E-state index contributed by atoms with van der Waals surface area (Å²) in [5, 5.41) is 3.43. The van der Waals surface area contributed by atoms with Gasteiger partial charge in [0.1, 0.15) is 5.60 Å². The molecule has 1 amide bonds. The van der Waals surface area contributed by atoms with Gasteiger partial charge in [0, 0.05) is 5.54 Å². The molecule has 0 radical (unpaired) electrons. The van der Waals surface area contributed by atoms with E-state index in [-0.39, 0.29) is 33.8 Å². The molecule has 8 rings (SSSR count). The van der Waals surface area contributed by atoms with Crippen molar-refractivity contribution in [2.45, 2.75) is 109 Å². The van der Waals surface area contributed by atoms with Crippen molar-refractivity contribution in [3.8, 4) is 0 Å². The normalized spacial score (nSPS) is 50.4. The highest BCUT2D eigenvalue weighted by atomic mass is 16.6. The monoisotopic (exact) mass is 443 g/mol. The number of amides is 1. The highest BCUT2D eigenvalue weighted by molar-refractivity contribution is 5.77. The molecule has 8 saturated carbocycles. The van der Waals surface area contributed by atoms with Gasteiger partial charge in [-0.2, -0.15) is 0 Å². The Labute approximate surface area is 192 Å². The summed E-state index contributed by atoms with van der Waals surface area (Å²) in [5.41, 5.74) is -0.313. The molecule has 4 unspecified atom stereocenters. The van der Waals surface area contributed by atoms with Crippen molar-refractivity contribution in [2.24, 2.45) is 39.9 Å². The number of hydrogen-bond donors (Lipinski definition) is 1. The van der Waals surface area contributed by atoms with Crippen molar-refractivity contribution in [2.75, 3.05) is 7.11 Å². The number of nitrogens with one attached hydrogen (secondary N) is 1. The van der Waals surface area contributed by atoms with Crippen LogP contribution in [-0.4, -0.2) is 30.3 Å². The number of carbonyl (C=O) groups excluding carboxylic acids is 2. The Morgan fingerprint density at radius 1 is 0.781 bits per heavy atom. The lowest BCUT2D eigenvalue weighted by molar-refractivity contribution is -0.232. The summed E-state index contributed by atoms with van der Waals surface area (Å²) in [6, 6.07) is 0. The van der Waals surface area contributed by atoms with E-state index in [9.17, 15) is 9.59 Å². The molecule has 0 aromatic carbocycles. The zero-order chi connectivity index (χ0) is 22.6. The molecule has 0 heterocycles. The number of esters is 1. The van der Waals surface area contributed by atoms with Crippen molar-refractivity contribution in [3.05, 3.63) is 0 Å². The Hall–Kier alpha value is -1.26. The first-order chi connectivity index (χ1) is 15.0. The van der Waals surface area contributed by atoms with Crippen LogP contribution < -0.4 is 5.32 Å². The molecule has 0 aromatic rings. The molecule has 0 aromatic heterocycles. The fourth-order valence-corrected chi connectivity index (χ4v) is 10.9. The van der Waals surface area contributed by atoms with Gasteiger partial charge in [0.25, 0.3) is 0 Å². The fourth-order valence-electron chi connectivity index (χ4n) is 10.9. The van der Waals surface area contributed by atoms with E-state index in [2.05, 4.69) is 5.32 Å². The Morgan fingerprint density at radius 3 is 1.78 bits per heavy atom. The minimum atomic E-state index is -0.475. The third-order valence-electron chi connectivity index (χ3n) is 10.6. The first kappa shape index (κ1) is 21.3. The molecule has 178 valence electrons. The summed E-state index contributed by atoms with van der Waals surface area (Å²) in [7, 11) is 1.58. The Kier molecular flexibility index (Phi) is 4.29. The molecule has 1 N–H and O–H groups in total. The topological polar surface area (TPSA) is 64.6 Å². The molecule has 0 spiro atoms. The van der Waals surface area contributed by atoms with Crippen LogP contribution in [0, 0.1) is 39.9 Å². The summed E-state index contributed by atoms with van der Waals surface area (Å²) in [6.07, 6.45) is 14.0. The SMILES string of the molecule is COC(=O)C12CC3CC(C1)CC(C14CC5CC(CC(NC(=O)OC(C)(C)C)(C5)C1)C4)(C3)C2. The van der Waals surface area contributed by atoms with E-state index in [1.165, 1.54) is 38.5 Å². The van der Waals surface area contributed by atoms with E-state index in [4.69, 9.17) is 9.47 Å². The molecule has 4 atom stereocenters. The molecular weight excluding hydrogens is 402 g/mol. The van der Waals surface area contributed by atoms with Gasteiger partial charge in [-0.05, 0) is 132 Å². The second kappa shape index (κ2) is 6.44. The second-order valence-electron chi connectivity index (χ2n) is 14.2. The third kappa shape index (κ3) is 3.01. The zero-order valence-corrected chi connectivity index (χ0v) is 20.4. The number of hydrogen-bond acceptors (Lipinski definition) is 4. The summed E-state index contributed by atoms with van der Waals surface area (Å²) in [5.74, 6) is 2.82. The van der Waals surface area contributed by atoms with Crippen LogP contribution in [-0.2, 0) is 14.3 Å². The molecular formula is C27H41NO4. The highest BCUT2D eigenvalue weighted by Crippen LogP contribution is 2.77. The Bertz CT molecular complexity index is 813. The van der Waals surface area contributed by atoms with Gasteiger partial charge in [-0.3, -0.25) is 4.79 Å². The maximum atomic E-state index is 13.1. The number of rotatable bonds is 3. The molecule has 0 aliphatic heterocycles. The van der Waals surface area contributed by atoms with Crippen LogP contribution in [0.2, 0.25) is 0 Å². The van der Waals surface area contributed by atoms with Gasteiger partial charge in [-0.15, -0.1) is 0 Å². The first-order valence-electron chi connectivity index (χ1n) is 13.1. The summed E-state index contributed by atoms with van der Waals surface area (Å²) >= 11 is 0. The number of ether oxygens (including phenoxy) is 2. The van der Waals surface area contributed by atoms with Crippen LogP contribution >= 0.6 is 0 Å². The molecule has 32 heavy (non-hydrogen) atoms. The fraction of sp³-hybridized carbons (Fsp3) is 0.926. The van der Waals surface area contributed by atoms with Crippen LogP contribution in [0.4, 0.5) is 4.79 Å². The standard InChI is InChI=1S/C27H41NO4/c1-23(2,3)32-22(30)28-27-13-19-6-20(14-27)12-26(11-19,16-27)25-9-17-5-18(10-25)8-24(7-17,15-25)21(29)31-4/h17-20H,5-16H2,1-4H3,(H,28,30). The third-order valence-corrected chi connectivity index (χ3v) is 10.6. The minimum absolute atomic E-state index is 0.0577.